The summed E-state index contributed by atoms with van der Waals surface area (Å²) in [7, 11) is -2.53. The number of aromatic nitrogens is 9. The molecular weight excluding hydrogens is 1620 g/mol. The normalized spacial score (nSPS) is 23.5. The van der Waals surface area contributed by atoms with Crippen LogP contribution in [0.3, 0.4) is 0 Å². The molecule has 6 aromatic heterocycles. The zero-order valence-electron chi connectivity index (χ0n) is 79.6. The number of carbonyl (C=O) groups is 4. The van der Waals surface area contributed by atoms with Gasteiger partial charge in [-0.2, -0.15) is 15.8 Å². The number of ketones is 3. The Labute approximate surface area is 751 Å². The number of Topliss-reactive ketones (excluding diaryl/α,β-unsaturated/α-hetero) is 3. The Balaban J connectivity index is 0.000000200. The predicted molar refractivity (Wildman–Crippen MR) is 496 cm³/mol. The van der Waals surface area contributed by atoms with Crippen molar-refractivity contribution in [3.05, 3.63) is 159 Å². The number of aliphatic hydroxyl groups excluding tert-OH is 2. The third kappa shape index (κ3) is 27.5. The van der Waals surface area contributed by atoms with Crippen LogP contribution in [0.4, 0.5) is 0 Å². The van der Waals surface area contributed by atoms with E-state index in [1.165, 1.54) is 17.3 Å². The summed E-state index contributed by atoms with van der Waals surface area (Å²) in [6.07, 6.45) is 26.4. The van der Waals surface area contributed by atoms with Gasteiger partial charge in [0.15, 0.2) is 34.5 Å². The first-order valence-electron chi connectivity index (χ1n) is 45.6. The summed E-state index contributed by atoms with van der Waals surface area (Å²) < 4.78 is 39.6. The van der Waals surface area contributed by atoms with Gasteiger partial charge in [0.05, 0.1) is 71.1 Å². The second-order valence-corrected chi connectivity index (χ2v) is 54.9. The van der Waals surface area contributed by atoms with Crippen LogP contribution in [0.5, 0.6) is 0 Å². The first-order valence-corrected chi connectivity index (χ1v) is 53.0. The number of imidazole rings is 3. The summed E-state index contributed by atoms with van der Waals surface area (Å²) in [5.41, 5.74) is 9.20. The Morgan fingerprint density at radius 2 is 0.873 bits per heavy atom. The fourth-order valence-electron chi connectivity index (χ4n) is 18.4. The average Bonchev–Trinajstić information content (AvgIpc) is 0.902. The number of carbonyl (C=O) groups excluding carboxylic acids is 4. The maximum Gasteiger partial charge on any atom is 0.338 e. The summed E-state index contributed by atoms with van der Waals surface area (Å²) in [4.78, 5) is 85.2. The third-order valence-corrected chi connectivity index (χ3v) is 28.8. The molecular formula is C100H142N12O12Si2. The summed E-state index contributed by atoms with van der Waals surface area (Å²) in [6.45, 7) is 49.4. The van der Waals surface area contributed by atoms with Crippen molar-refractivity contribution in [3.8, 4) is 18.2 Å². The van der Waals surface area contributed by atoms with E-state index in [4.69, 9.17) is 48.6 Å². The van der Waals surface area contributed by atoms with Crippen LogP contribution in [0.2, 0.25) is 51.4 Å². The van der Waals surface area contributed by atoms with Gasteiger partial charge < -0.3 is 52.8 Å². The number of rotatable bonds is 31. The zero-order valence-corrected chi connectivity index (χ0v) is 81.6. The molecule has 26 heteroatoms. The van der Waals surface area contributed by atoms with Gasteiger partial charge in [-0.3, -0.25) is 29.3 Å². The molecule has 6 aromatic rings. The number of nitriles is 3. The molecule has 126 heavy (non-hydrogen) atoms. The number of ether oxygens (including phenoxy) is 6. The number of esters is 1. The average molecular weight is 1760 g/mol. The highest BCUT2D eigenvalue weighted by atomic mass is 28.3. The quantitative estimate of drug-likeness (QED) is 0.0157. The van der Waals surface area contributed by atoms with Gasteiger partial charge in [0.25, 0.3) is 0 Å². The fraction of sp³-hybridized carbons (Fsp3) is 0.630. The predicted octanol–water partition coefficient (Wildman–Crippen LogP) is 20.3. The molecule has 9 heterocycles. The van der Waals surface area contributed by atoms with Crippen molar-refractivity contribution in [2.75, 3.05) is 33.0 Å². The van der Waals surface area contributed by atoms with Crippen LogP contribution < -0.4 is 0 Å². The van der Waals surface area contributed by atoms with Crippen LogP contribution in [-0.2, 0) is 65.9 Å². The van der Waals surface area contributed by atoms with Gasteiger partial charge in [-0.1, -0.05) is 131 Å². The van der Waals surface area contributed by atoms with Crippen molar-refractivity contribution in [1.29, 1.82) is 15.8 Å². The lowest BCUT2D eigenvalue weighted by molar-refractivity contribution is -0.205. The van der Waals surface area contributed by atoms with Crippen molar-refractivity contribution in [2.45, 2.75) is 355 Å². The zero-order chi connectivity index (χ0) is 92.4. The highest BCUT2D eigenvalue weighted by Gasteiger charge is 2.50. The summed E-state index contributed by atoms with van der Waals surface area (Å²) in [5, 5.41) is 48.3. The van der Waals surface area contributed by atoms with Gasteiger partial charge in [-0.25, -0.2) is 19.7 Å². The number of unbranched alkanes of at least 4 members (excludes halogenated alkanes) is 1. The summed E-state index contributed by atoms with van der Waals surface area (Å²) >= 11 is 0. The van der Waals surface area contributed by atoms with Gasteiger partial charge in [0.1, 0.15) is 37.4 Å². The Kier molecular flexibility index (Phi) is 32.1. The van der Waals surface area contributed by atoms with Crippen LogP contribution >= 0.6 is 0 Å². The minimum absolute atomic E-state index is 0.0352. The van der Waals surface area contributed by atoms with E-state index in [9.17, 15) is 39.9 Å². The third-order valence-electron chi connectivity index (χ3n) is 25.4. The van der Waals surface area contributed by atoms with Gasteiger partial charge in [-0.15, -0.1) is 0 Å². The molecule has 24 nitrogen and oxygen atoms in total. The van der Waals surface area contributed by atoms with Crippen LogP contribution in [0.1, 0.15) is 337 Å². The molecule has 0 saturated carbocycles. The number of aromatic amines is 1. The monoisotopic (exact) mass is 1760 g/mol. The Morgan fingerprint density at radius 1 is 0.500 bits per heavy atom. The molecule has 3 saturated heterocycles. The molecule has 0 amide bonds. The van der Waals surface area contributed by atoms with Crippen LogP contribution in [0.15, 0.2) is 73.2 Å². The first-order chi connectivity index (χ1) is 58.9. The van der Waals surface area contributed by atoms with Crippen molar-refractivity contribution >= 4 is 56.2 Å². The van der Waals surface area contributed by atoms with E-state index in [0.717, 1.165) is 152 Å². The maximum absolute atomic E-state index is 13.9. The van der Waals surface area contributed by atoms with Gasteiger partial charge in [0.2, 0.25) is 17.3 Å². The summed E-state index contributed by atoms with van der Waals surface area (Å²) in [5.74, 6) is 0.0329. The lowest BCUT2D eigenvalue weighted by Crippen LogP contribution is -2.52. The van der Waals surface area contributed by atoms with Crippen molar-refractivity contribution in [3.63, 3.8) is 0 Å². The van der Waals surface area contributed by atoms with E-state index < -0.39 is 44.2 Å². The van der Waals surface area contributed by atoms with E-state index in [0.29, 0.717) is 45.5 Å². The smallest absolute Gasteiger partial charge is 0.338 e. The van der Waals surface area contributed by atoms with E-state index in [2.05, 4.69) is 166 Å². The molecule has 0 bridgehead atoms. The summed E-state index contributed by atoms with van der Waals surface area (Å²) in [6, 6.07) is 20.3. The number of hydrogen-bond donors (Lipinski definition) is 3. The standard InChI is InChI=1S/C38H56N4O5Si.C34H50N4O4Si.C28H36N4O3/c1-10-11-18-46-35(44)38(6)23-29(22-37(4,5)47-38)31-13-12-28(33(41-31)27-14-16-36(2,3)17-15-27)21-32(43)34-40-30(24-39)25-42(34)26-45-19-20-48(7,8)9;1-32(2)13-11-24(12-14-32)30-25(9-10-28(37-30)26-18-33(3,4)42-34(5,19-26)22-39)17-29(40)31-36-27(20-35)21-38(31)23-41-15-16-43(6,7)8;1-26(2)10-8-18(9-11-26)24-19(12-23(34)25-30-16-21(15-29)31-25)6-7-22(32-24)20-13-27(3,4)35-28(5,14-20)17-33/h12-14,25,29H,10-11,15-23,26H2,1-9H3;9-11,21,26,39H,12-19,22-23H2,1-8H3;6-8,16,20,33H,9-14,17H2,1-5H3,(H,30,31). The Morgan fingerprint density at radius 3 is 1.21 bits per heavy atom. The molecule has 0 aromatic carbocycles. The largest absolute Gasteiger partial charge is 0.464 e. The fourth-order valence-corrected chi connectivity index (χ4v) is 19.9. The molecule has 682 valence electrons. The van der Waals surface area contributed by atoms with Gasteiger partial charge in [0, 0.05) is 95.9 Å². The minimum atomic E-state index is -1.27. The van der Waals surface area contributed by atoms with E-state index in [1.807, 2.05) is 77.1 Å². The van der Waals surface area contributed by atoms with E-state index in [-0.39, 0.29) is 143 Å². The molecule has 3 N–H and O–H groups in total. The highest BCUT2D eigenvalue weighted by molar-refractivity contribution is 6.76. The van der Waals surface area contributed by atoms with Crippen molar-refractivity contribution in [2.24, 2.45) is 16.2 Å². The number of aliphatic hydroxyl groups is 2. The second kappa shape index (κ2) is 40.6. The molecule has 12 rings (SSSR count). The Hall–Kier alpha value is -8.60. The molecule has 0 radical (unpaired) electrons. The minimum Gasteiger partial charge on any atom is -0.464 e. The highest BCUT2D eigenvalue weighted by Crippen LogP contribution is 2.49. The van der Waals surface area contributed by atoms with Crippen LogP contribution in [-0.4, -0.2) is 160 Å². The topological polar surface area (TPSA) is 338 Å². The number of H-pyrrole nitrogens is 1. The molecule has 3 aliphatic heterocycles. The van der Waals surface area contributed by atoms with Crippen LogP contribution in [0.25, 0.3) is 16.7 Å². The molecule has 0 spiro atoms. The van der Waals surface area contributed by atoms with Crippen molar-refractivity contribution < 1.29 is 57.8 Å². The SMILES string of the molecule is CC1(C)CC=C(c2nc(C3CC(C)(C)OC(C)(CO)C3)ccc2CC(=O)c2nc(C#N)cn2COCC[Si](C)(C)C)CC1.CC1(C)CC=C(c2nc(C3CC(C)(C)OC(C)(CO)C3)ccc2CC(=O)c2ncc(C#N)[nH]2)CC1.CCCCOC(=O)C1(C)CC(c2ccc(CC(=O)c3nc(C#N)cn3COCC[Si](C)(C)C)c(C3=CCC(C)(C)CC3)n2)CC(C)(C)O1. The number of pyridine rings is 3. The van der Waals surface area contributed by atoms with Gasteiger partial charge in [-0.05, 0) is 245 Å². The lowest BCUT2D eigenvalue weighted by Gasteiger charge is -2.46. The van der Waals surface area contributed by atoms with Crippen molar-refractivity contribution in [1.82, 2.24) is 44.0 Å². The molecule has 6 aliphatic rings. The molecule has 6 atom stereocenters. The second-order valence-electron chi connectivity index (χ2n) is 43.7. The number of hydrogen-bond acceptors (Lipinski definition) is 21. The Bertz CT molecular complexity index is 5120. The van der Waals surface area contributed by atoms with E-state index in [1.54, 1.807) is 21.5 Å². The number of nitrogens with zero attached hydrogens (tertiary/aromatic N) is 11. The number of nitrogens with one attached hydrogen (secondary N) is 1. The van der Waals surface area contributed by atoms with Gasteiger partial charge >= 0.3 is 5.97 Å². The molecule has 3 aliphatic carbocycles. The number of allylic oxidation sites excluding steroid dienone is 6. The first kappa shape index (κ1) is 99.6. The maximum atomic E-state index is 13.9. The molecule has 3 fully saturated rings. The lowest BCUT2D eigenvalue weighted by atomic mass is 9.76. The van der Waals surface area contributed by atoms with Crippen LogP contribution in [0, 0.1) is 50.2 Å². The molecule has 6 unspecified atom stereocenters. The van der Waals surface area contributed by atoms with E-state index >= 15 is 0 Å².